The highest BCUT2D eigenvalue weighted by Gasteiger charge is 2.31. The molecule has 1 amide bonds. The molecule has 3 rings (SSSR count). The molecular formula is C15H14INOS. The third kappa shape index (κ3) is 2.36. The third-order valence-corrected chi connectivity index (χ3v) is 5.24. The van der Waals surface area contributed by atoms with E-state index in [1.807, 2.05) is 30.0 Å². The van der Waals surface area contributed by atoms with Gasteiger partial charge in [0.25, 0.3) is 0 Å². The molecule has 98 valence electrons. The number of fused-ring (bicyclic) bond motifs is 2. The smallest absolute Gasteiger partial charge is 0.231 e. The van der Waals surface area contributed by atoms with Gasteiger partial charge < -0.3 is 0 Å². The highest BCUT2D eigenvalue weighted by molar-refractivity contribution is 14.1. The van der Waals surface area contributed by atoms with Crippen LogP contribution in [-0.4, -0.2) is 9.83 Å². The van der Waals surface area contributed by atoms with Crippen molar-refractivity contribution in [2.75, 3.05) is 4.90 Å². The fourth-order valence-electron chi connectivity index (χ4n) is 2.33. The summed E-state index contributed by atoms with van der Waals surface area (Å²) in [5, 5.41) is 0. The topological polar surface area (TPSA) is 20.3 Å². The van der Waals surface area contributed by atoms with E-state index in [4.69, 9.17) is 0 Å². The van der Waals surface area contributed by atoms with Gasteiger partial charge in [-0.15, -0.1) is 0 Å². The number of benzene rings is 1. The Balaban J connectivity index is 2.14. The van der Waals surface area contributed by atoms with E-state index >= 15 is 0 Å². The molecule has 0 fully saturated rings. The second kappa shape index (κ2) is 5.32. The summed E-state index contributed by atoms with van der Waals surface area (Å²) >= 11 is 4.21. The second-order valence-electron chi connectivity index (χ2n) is 4.52. The first-order chi connectivity index (χ1) is 9.20. The fraction of sp³-hybridized carbons (Fsp3) is 0.267. The lowest BCUT2D eigenvalue weighted by molar-refractivity contribution is -0.117. The molecule has 0 radical (unpaired) electrons. The third-order valence-electron chi connectivity index (χ3n) is 3.24. The van der Waals surface area contributed by atoms with Crippen LogP contribution in [0.5, 0.6) is 0 Å². The van der Waals surface area contributed by atoms with Crippen LogP contribution in [-0.2, 0) is 4.79 Å². The molecule has 1 atom stereocenters. The van der Waals surface area contributed by atoms with Crippen molar-refractivity contribution in [2.45, 2.75) is 28.6 Å². The number of carbonyl (C=O) groups is 1. The van der Waals surface area contributed by atoms with E-state index < -0.39 is 0 Å². The van der Waals surface area contributed by atoms with Crippen LogP contribution < -0.4 is 4.90 Å². The molecule has 1 aliphatic carbocycles. The van der Waals surface area contributed by atoms with Crippen molar-refractivity contribution < 1.29 is 4.79 Å². The molecule has 19 heavy (non-hydrogen) atoms. The van der Waals surface area contributed by atoms with Gasteiger partial charge in [0.1, 0.15) is 0 Å². The molecule has 2 aliphatic rings. The maximum Gasteiger partial charge on any atom is 0.231 e. The van der Waals surface area contributed by atoms with E-state index in [2.05, 4.69) is 40.8 Å². The summed E-state index contributed by atoms with van der Waals surface area (Å²) in [7, 11) is 0. The number of hydrogen-bond acceptors (Lipinski definition) is 2. The molecule has 1 aliphatic heterocycles. The number of nitrogens with zero attached hydrogens (tertiary/aromatic N) is 1. The zero-order chi connectivity index (χ0) is 13.4. The standard InChI is InChI=1S/C15H14INOS/c1-2-15(18)17-11-5-3-4-6-13(11)19-14-9-10(16)7-8-12(14)17/h3-6,8-10H,2,7H2,1H3/t10-/m1/s1. The monoisotopic (exact) mass is 383 g/mol. The predicted molar refractivity (Wildman–Crippen MR) is 88.7 cm³/mol. The lowest BCUT2D eigenvalue weighted by atomic mass is 10.1. The first-order valence-corrected chi connectivity index (χ1v) is 8.43. The number of anilines is 1. The first-order valence-electron chi connectivity index (χ1n) is 6.37. The number of amides is 1. The van der Waals surface area contributed by atoms with E-state index in [0.29, 0.717) is 10.3 Å². The predicted octanol–water partition coefficient (Wildman–Crippen LogP) is 4.51. The molecular weight excluding hydrogens is 369 g/mol. The Labute approximate surface area is 131 Å². The van der Waals surface area contributed by atoms with Crippen molar-refractivity contribution in [1.82, 2.24) is 0 Å². The van der Waals surface area contributed by atoms with Crippen LogP contribution in [0.3, 0.4) is 0 Å². The van der Waals surface area contributed by atoms with Gasteiger partial charge in [0, 0.05) is 20.1 Å². The van der Waals surface area contributed by atoms with Crippen LogP contribution in [0.25, 0.3) is 0 Å². The van der Waals surface area contributed by atoms with Crippen molar-refractivity contribution >= 4 is 45.9 Å². The Kier molecular flexibility index (Phi) is 3.71. The minimum absolute atomic E-state index is 0.164. The number of para-hydroxylation sites is 1. The van der Waals surface area contributed by atoms with Crippen molar-refractivity contribution in [3.05, 3.63) is 47.0 Å². The second-order valence-corrected chi connectivity index (χ2v) is 7.21. The van der Waals surface area contributed by atoms with E-state index in [1.165, 1.54) is 9.80 Å². The van der Waals surface area contributed by atoms with Crippen LogP contribution in [0.4, 0.5) is 5.69 Å². The molecule has 0 spiro atoms. The summed E-state index contributed by atoms with van der Waals surface area (Å²) < 4.78 is 0.521. The maximum atomic E-state index is 12.3. The van der Waals surface area contributed by atoms with Crippen LogP contribution >= 0.6 is 34.4 Å². The van der Waals surface area contributed by atoms with E-state index in [0.717, 1.165) is 17.8 Å². The molecule has 0 saturated heterocycles. The van der Waals surface area contributed by atoms with Crippen LogP contribution in [0.1, 0.15) is 19.8 Å². The zero-order valence-electron chi connectivity index (χ0n) is 10.6. The minimum atomic E-state index is 0.164. The van der Waals surface area contributed by atoms with Gasteiger partial charge in [0.2, 0.25) is 5.91 Å². The van der Waals surface area contributed by atoms with Crippen molar-refractivity contribution in [3.63, 3.8) is 0 Å². The average molecular weight is 383 g/mol. The molecule has 1 aromatic rings. The molecule has 1 heterocycles. The van der Waals surface area contributed by atoms with Gasteiger partial charge in [-0.3, -0.25) is 9.69 Å². The van der Waals surface area contributed by atoms with Crippen molar-refractivity contribution in [2.24, 2.45) is 0 Å². The molecule has 1 aromatic carbocycles. The molecule has 0 bridgehead atoms. The maximum absolute atomic E-state index is 12.3. The Hall–Kier alpha value is -0.750. The van der Waals surface area contributed by atoms with Gasteiger partial charge in [0.15, 0.2) is 0 Å². The highest BCUT2D eigenvalue weighted by Crippen LogP contribution is 2.48. The molecule has 0 N–H and O–H groups in total. The van der Waals surface area contributed by atoms with Crippen LogP contribution in [0.15, 0.2) is 51.9 Å². The molecule has 2 nitrogen and oxygen atoms in total. The van der Waals surface area contributed by atoms with Crippen LogP contribution in [0.2, 0.25) is 0 Å². The summed E-state index contributed by atoms with van der Waals surface area (Å²) in [4.78, 5) is 16.6. The lowest BCUT2D eigenvalue weighted by Gasteiger charge is -2.35. The van der Waals surface area contributed by atoms with E-state index in [1.54, 1.807) is 11.8 Å². The average Bonchev–Trinajstić information content (AvgIpc) is 2.43. The Morgan fingerprint density at radius 3 is 3.05 bits per heavy atom. The Morgan fingerprint density at radius 2 is 2.26 bits per heavy atom. The summed E-state index contributed by atoms with van der Waals surface area (Å²) in [5.74, 6) is 0.164. The lowest BCUT2D eigenvalue weighted by Crippen LogP contribution is -2.33. The van der Waals surface area contributed by atoms with Gasteiger partial charge in [0.05, 0.1) is 11.4 Å². The van der Waals surface area contributed by atoms with E-state index in [9.17, 15) is 4.79 Å². The number of carbonyl (C=O) groups excluding carboxylic acids is 1. The van der Waals surface area contributed by atoms with Gasteiger partial charge in [-0.2, -0.15) is 0 Å². The van der Waals surface area contributed by atoms with Crippen molar-refractivity contribution in [1.29, 1.82) is 0 Å². The Bertz CT molecular complexity index is 594. The molecule has 4 heteroatoms. The summed E-state index contributed by atoms with van der Waals surface area (Å²) in [6.07, 6.45) is 5.99. The number of allylic oxidation sites excluding steroid dienone is 2. The minimum Gasteiger partial charge on any atom is -0.279 e. The number of rotatable bonds is 1. The van der Waals surface area contributed by atoms with Crippen LogP contribution in [0, 0.1) is 0 Å². The zero-order valence-corrected chi connectivity index (χ0v) is 13.6. The first kappa shape index (κ1) is 13.2. The van der Waals surface area contributed by atoms with Gasteiger partial charge >= 0.3 is 0 Å². The largest absolute Gasteiger partial charge is 0.279 e. The molecule has 0 saturated carbocycles. The number of hydrogen-bond donors (Lipinski definition) is 0. The Morgan fingerprint density at radius 1 is 1.47 bits per heavy atom. The number of alkyl halides is 1. The summed E-state index contributed by atoms with van der Waals surface area (Å²) in [6, 6.07) is 8.14. The van der Waals surface area contributed by atoms with Gasteiger partial charge in [-0.25, -0.2) is 0 Å². The van der Waals surface area contributed by atoms with Gasteiger partial charge in [-0.05, 0) is 18.6 Å². The van der Waals surface area contributed by atoms with E-state index in [-0.39, 0.29) is 5.91 Å². The highest BCUT2D eigenvalue weighted by atomic mass is 127. The number of halogens is 1. The number of thioether (sulfide) groups is 1. The van der Waals surface area contributed by atoms with Crippen molar-refractivity contribution in [3.8, 4) is 0 Å². The summed E-state index contributed by atoms with van der Waals surface area (Å²) in [5.41, 5.74) is 2.10. The van der Waals surface area contributed by atoms with Gasteiger partial charge in [-0.1, -0.05) is 65.6 Å². The SMILES string of the molecule is CCC(=O)N1C2=CC[C@@H](I)C=C2Sc2ccccc21. The summed E-state index contributed by atoms with van der Waals surface area (Å²) in [6.45, 7) is 1.92. The molecule has 0 unspecified atom stereocenters. The molecule has 0 aromatic heterocycles. The normalized spacial score (nSPS) is 21.2. The quantitative estimate of drug-likeness (QED) is 0.525. The fourth-order valence-corrected chi connectivity index (χ4v) is 4.35.